The second-order valence-corrected chi connectivity index (χ2v) is 8.70. The number of hydrogen-bond acceptors (Lipinski definition) is 4. The van der Waals surface area contributed by atoms with Crippen molar-refractivity contribution in [3.8, 4) is 0 Å². The Labute approximate surface area is 145 Å². The predicted molar refractivity (Wildman–Crippen MR) is 94.5 cm³/mol. The average Bonchev–Trinajstić information content (AvgIpc) is 2.77. The molecule has 1 heterocycles. The van der Waals surface area contributed by atoms with Gasteiger partial charge in [-0.2, -0.15) is 0 Å². The Hall–Kier alpha value is -0.410. The lowest BCUT2D eigenvalue weighted by Gasteiger charge is -2.13. The fraction of sp³-hybridized carbons (Fsp3) is 0.231. The number of para-hydroxylation sites is 1. The molecule has 0 atom stereocenters. The van der Waals surface area contributed by atoms with Crippen molar-refractivity contribution in [3.05, 3.63) is 43.0 Å². The normalized spacial score (nSPS) is 11.6. The molecule has 0 fully saturated rings. The van der Waals surface area contributed by atoms with Crippen LogP contribution in [0.25, 0.3) is 0 Å². The molecule has 0 aliphatic carbocycles. The lowest BCUT2D eigenvalue weighted by atomic mass is 10.3. The third kappa shape index (κ3) is 3.68. The molecule has 4 nitrogen and oxygen atoms in total. The van der Waals surface area contributed by atoms with E-state index in [4.69, 9.17) is 0 Å². The maximum Gasteiger partial charge on any atom is 0.263 e. The number of halogens is 2. The summed E-state index contributed by atoms with van der Waals surface area (Å²) in [5.74, 6) is 0. The number of anilines is 1. The van der Waals surface area contributed by atoms with E-state index in [1.165, 1.54) is 11.3 Å². The van der Waals surface area contributed by atoms with E-state index >= 15 is 0 Å². The minimum atomic E-state index is -3.64. The predicted octanol–water partition coefficient (Wildman–Crippen LogP) is 4.10. The molecule has 1 aromatic heterocycles. The molecule has 0 amide bonds. The van der Waals surface area contributed by atoms with E-state index in [0.29, 0.717) is 26.1 Å². The Morgan fingerprint density at radius 1 is 1.24 bits per heavy atom. The molecule has 2 N–H and O–H groups in total. The smallest absolute Gasteiger partial charge is 0.263 e. The molecule has 0 unspecified atom stereocenters. The Bertz CT molecular complexity index is 737. The third-order valence-corrected chi connectivity index (χ3v) is 6.93. The summed E-state index contributed by atoms with van der Waals surface area (Å²) in [7, 11) is -1.84. The van der Waals surface area contributed by atoms with Crippen LogP contribution in [0.4, 0.5) is 5.69 Å². The summed E-state index contributed by atoms with van der Waals surface area (Å²) in [4.78, 5) is 1.15. The first kappa shape index (κ1) is 17.0. The lowest BCUT2D eigenvalue weighted by Crippen LogP contribution is -2.17. The zero-order valence-electron chi connectivity index (χ0n) is 11.4. The van der Waals surface area contributed by atoms with Crippen molar-refractivity contribution in [2.75, 3.05) is 11.8 Å². The summed E-state index contributed by atoms with van der Waals surface area (Å²) in [5, 5.41) is 4.85. The number of benzene rings is 1. The van der Waals surface area contributed by atoms with E-state index < -0.39 is 10.0 Å². The minimum absolute atomic E-state index is 0.351. The highest BCUT2D eigenvalue weighted by Crippen LogP contribution is 2.34. The number of thiophene rings is 1. The maximum absolute atomic E-state index is 12.7. The van der Waals surface area contributed by atoms with Crippen molar-refractivity contribution >= 4 is 58.9 Å². The van der Waals surface area contributed by atoms with Crippen molar-refractivity contribution in [2.45, 2.75) is 18.4 Å². The quantitative estimate of drug-likeness (QED) is 0.716. The van der Waals surface area contributed by atoms with Gasteiger partial charge in [0, 0.05) is 20.4 Å². The van der Waals surface area contributed by atoms with Crippen LogP contribution in [0.3, 0.4) is 0 Å². The van der Waals surface area contributed by atoms with Crippen molar-refractivity contribution in [2.24, 2.45) is 0 Å². The summed E-state index contributed by atoms with van der Waals surface area (Å²) >= 11 is 8.17. The molecular weight excluding hydrogens is 440 g/mol. The Kier molecular flexibility index (Phi) is 5.48. The van der Waals surface area contributed by atoms with E-state index in [9.17, 15) is 8.42 Å². The van der Waals surface area contributed by atoms with Gasteiger partial charge in [0.1, 0.15) is 4.90 Å². The summed E-state index contributed by atoms with van der Waals surface area (Å²) in [6.45, 7) is 2.32. The van der Waals surface area contributed by atoms with Crippen molar-refractivity contribution in [1.29, 1.82) is 0 Å². The second-order valence-electron chi connectivity index (χ2n) is 4.40. The zero-order chi connectivity index (χ0) is 15.6. The average molecular weight is 454 g/mol. The number of nitrogens with one attached hydrogen (secondary N) is 2. The summed E-state index contributed by atoms with van der Waals surface area (Å²) in [5.41, 5.74) is 1.25. The van der Waals surface area contributed by atoms with Gasteiger partial charge in [-0.25, -0.2) is 8.42 Å². The van der Waals surface area contributed by atoms with Crippen molar-refractivity contribution in [3.63, 3.8) is 0 Å². The summed E-state index contributed by atoms with van der Waals surface area (Å²) < 4.78 is 29.4. The van der Waals surface area contributed by atoms with E-state index in [1.54, 1.807) is 26.1 Å². The third-order valence-electron chi connectivity index (χ3n) is 2.79. The highest BCUT2D eigenvalue weighted by Gasteiger charge is 2.24. The van der Waals surface area contributed by atoms with E-state index in [0.717, 1.165) is 10.4 Å². The van der Waals surface area contributed by atoms with Gasteiger partial charge in [-0.3, -0.25) is 4.72 Å². The lowest BCUT2D eigenvalue weighted by molar-refractivity contribution is 0.599. The van der Waals surface area contributed by atoms with Gasteiger partial charge in [0.2, 0.25) is 0 Å². The maximum atomic E-state index is 12.7. The Morgan fingerprint density at radius 3 is 2.43 bits per heavy atom. The topological polar surface area (TPSA) is 58.2 Å². The second kappa shape index (κ2) is 6.78. The zero-order valence-corrected chi connectivity index (χ0v) is 16.2. The molecular formula is C13H14Br2N2O2S2. The fourth-order valence-corrected chi connectivity index (χ4v) is 6.30. The molecule has 0 radical (unpaired) electrons. The first-order valence-electron chi connectivity index (χ1n) is 6.05. The van der Waals surface area contributed by atoms with Gasteiger partial charge in [0.25, 0.3) is 10.0 Å². The van der Waals surface area contributed by atoms with E-state index in [-0.39, 0.29) is 0 Å². The highest BCUT2D eigenvalue weighted by molar-refractivity contribution is 9.11. The van der Waals surface area contributed by atoms with Gasteiger partial charge in [-0.15, -0.1) is 11.3 Å². The van der Waals surface area contributed by atoms with Gasteiger partial charge in [-0.05, 0) is 68.9 Å². The molecule has 21 heavy (non-hydrogen) atoms. The molecule has 0 saturated heterocycles. The van der Waals surface area contributed by atoms with Gasteiger partial charge in [-0.1, -0.05) is 6.07 Å². The molecule has 0 aliphatic rings. The molecule has 0 bridgehead atoms. The SMILES string of the molecule is CNCc1scc(C)c1S(=O)(=O)Nc1c(Br)cccc1Br. The van der Waals surface area contributed by atoms with Crippen LogP contribution in [0.5, 0.6) is 0 Å². The first-order valence-corrected chi connectivity index (χ1v) is 10.00. The highest BCUT2D eigenvalue weighted by atomic mass is 79.9. The Morgan fingerprint density at radius 2 is 1.86 bits per heavy atom. The molecule has 2 rings (SSSR count). The van der Waals surface area contributed by atoms with E-state index in [1.807, 2.05) is 11.4 Å². The van der Waals surface area contributed by atoms with Crippen molar-refractivity contribution in [1.82, 2.24) is 5.32 Å². The molecule has 0 saturated carbocycles. The van der Waals surface area contributed by atoms with Crippen LogP contribution >= 0.6 is 43.2 Å². The largest absolute Gasteiger partial charge is 0.315 e. The van der Waals surface area contributed by atoms with Crippen molar-refractivity contribution < 1.29 is 8.42 Å². The van der Waals surface area contributed by atoms with Crippen LogP contribution in [-0.2, 0) is 16.6 Å². The molecule has 114 valence electrons. The van der Waals surface area contributed by atoms with E-state index in [2.05, 4.69) is 41.9 Å². The number of sulfonamides is 1. The monoisotopic (exact) mass is 452 g/mol. The minimum Gasteiger partial charge on any atom is -0.315 e. The molecule has 0 aliphatic heterocycles. The molecule has 1 aromatic carbocycles. The van der Waals surface area contributed by atoms with Crippen LogP contribution < -0.4 is 10.0 Å². The van der Waals surface area contributed by atoms with Gasteiger partial charge < -0.3 is 5.32 Å². The van der Waals surface area contributed by atoms with Crippen LogP contribution in [-0.4, -0.2) is 15.5 Å². The molecule has 8 heteroatoms. The van der Waals surface area contributed by atoms with Gasteiger partial charge in [0.15, 0.2) is 0 Å². The molecule has 2 aromatic rings. The van der Waals surface area contributed by atoms with Gasteiger partial charge in [0.05, 0.1) is 5.69 Å². The number of hydrogen-bond donors (Lipinski definition) is 2. The first-order chi connectivity index (χ1) is 9.86. The molecule has 0 spiro atoms. The van der Waals surface area contributed by atoms with Crippen LogP contribution in [0.15, 0.2) is 37.4 Å². The standard InChI is InChI=1S/C13H14Br2N2O2S2/c1-8-7-20-11(6-16-2)13(8)21(18,19)17-12-9(14)4-3-5-10(12)15/h3-5,7,16-17H,6H2,1-2H3. The van der Waals surface area contributed by atoms with Crippen LogP contribution in [0.2, 0.25) is 0 Å². The Balaban J connectivity index is 2.46. The summed E-state index contributed by atoms with van der Waals surface area (Å²) in [6, 6.07) is 5.41. The number of rotatable bonds is 5. The number of aryl methyl sites for hydroxylation is 1. The van der Waals surface area contributed by atoms with Gasteiger partial charge >= 0.3 is 0 Å². The van der Waals surface area contributed by atoms with Crippen LogP contribution in [0.1, 0.15) is 10.4 Å². The fourth-order valence-electron chi connectivity index (χ4n) is 1.91. The summed E-state index contributed by atoms with van der Waals surface area (Å²) in [6.07, 6.45) is 0. The van der Waals surface area contributed by atoms with Crippen LogP contribution in [0, 0.1) is 6.92 Å².